The summed E-state index contributed by atoms with van der Waals surface area (Å²) < 4.78 is 1.52. The first kappa shape index (κ1) is 16.8. The van der Waals surface area contributed by atoms with Gasteiger partial charge in [-0.15, -0.1) is 0 Å². The van der Waals surface area contributed by atoms with Gasteiger partial charge in [-0.2, -0.15) is 0 Å². The Morgan fingerprint density at radius 2 is 1.96 bits per heavy atom. The van der Waals surface area contributed by atoms with E-state index in [4.69, 9.17) is 0 Å². The van der Waals surface area contributed by atoms with Crippen molar-refractivity contribution in [3.05, 3.63) is 62.8 Å². The van der Waals surface area contributed by atoms with Crippen molar-refractivity contribution in [2.45, 2.75) is 19.9 Å². The van der Waals surface area contributed by atoms with E-state index in [0.29, 0.717) is 5.52 Å². The number of rotatable bonds is 4. The van der Waals surface area contributed by atoms with Crippen molar-refractivity contribution in [1.29, 1.82) is 0 Å². The van der Waals surface area contributed by atoms with Crippen molar-refractivity contribution >= 4 is 34.1 Å². The summed E-state index contributed by atoms with van der Waals surface area (Å²) in [4.78, 5) is 39.7. The molecule has 0 atom stereocenters. The Morgan fingerprint density at radius 3 is 2.72 bits per heavy atom. The molecule has 3 aromatic rings. The maximum Gasteiger partial charge on any atom is 0.307 e. The Bertz CT molecular complexity index is 993. The van der Waals surface area contributed by atoms with Gasteiger partial charge in [-0.25, -0.2) is 4.98 Å². The molecule has 7 nitrogen and oxygen atoms in total. The van der Waals surface area contributed by atoms with Crippen LogP contribution >= 0.6 is 11.3 Å². The van der Waals surface area contributed by atoms with Crippen molar-refractivity contribution in [1.82, 2.24) is 20.4 Å². The lowest BCUT2D eigenvalue weighted by atomic mass is 10.2. The molecule has 25 heavy (non-hydrogen) atoms. The molecule has 0 bridgehead atoms. The van der Waals surface area contributed by atoms with Crippen LogP contribution in [0.4, 0.5) is 0 Å². The second kappa shape index (κ2) is 7.27. The van der Waals surface area contributed by atoms with Crippen molar-refractivity contribution < 1.29 is 9.59 Å². The topological polar surface area (TPSA) is 93.1 Å². The van der Waals surface area contributed by atoms with E-state index in [0.717, 1.165) is 22.4 Å². The number of nitrogens with one attached hydrogen (secondary N) is 2. The molecule has 0 spiro atoms. The molecule has 128 valence electrons. The molecule has 0 unspecified atom stereocenters. The van der Waals surface area contributed by atoms with E-state index in [1.54, 1.807) is 17.5 Å². The highest BCUT2D eigenvalue weighted by Gasteiger charge is 2.10. The SMILES string of the molecule is Cc1csc(=O)n1CCC(=O)NNC(=O)c1ccc2ccccc2n1. The number of carbonyl (C=O) groups is 2. The van der Waals surface area contributed by atoms with E-state index < -0.39 is 5.91 Å². The molecule has 0 radical (unpaired) electrons. The number of aryl methyl sites for hydroxylation is 1. The predicted molar refractivity (Wildman–Crippen MR) is 95.3 cm³/mol. The van der Waals surface area contributed by atoms with Gasteiger partial charge < -0.3 is 4.57 Å². The van der Waals surface area contributed by atoms with Crippen LogP contribution in [-0.2, 0) is 11.3 Å². The van der Waals surface area contributed by atoms with Crippen LogP contribution in [0.1, 0.15) is 22.6 Å². The Kier molecular flexibility index (Phi) is 4.90. The summed E-state index contributed by atoms with van der Waals surface area (Å²) >= 11 is 1.10. The van der Waals surface area contributed by atoms with Gasteiger partial charge in [0.15, 0.2) is 0 Å². The number of benzene rings is 1. The van der Waals surface area contributed by atoms with Crippen LogP contribution in [-0.4, -0.2) is 21.4 Å². The Hall–Kier alpha value is -3.00. The van der Waals surface area contributed by atoms with Gasteiger partial charge in [0, 0.05) is 29.4 Å². The molecule has 2 aromatic heterocycles. The number of thiazole rings is 1. The summed E-state index contributed by atoms with van der Waals surface area (Å²) in [5, 5.41) is 2.67. The molecule has 2 amide bonds. The van der Waals surface area contributed by atoms with Gasteiger partial charge in [0.1, 0.15) is 5.69 Å². The zero-order valence-electron chi connectivity index (χ0n) is 13.5. The van der Waals surface area contributed by atoms with E-state index >= 15 is 0 Å². The second-order valence-electron chi connectivity index (χ2n) is 5.44. The van der Waals surface area contributed by atoms with Gasteiger partial charge in [0.25, 0.3) is 5.91 Å². The van der Waals surface area contributed by atoms with Crippen molar-refractivity contribution in [2.75, 3.05) is 0 Å². The highest BCUT2D eigenvalue weighted by Crippen LogP contribution is 2.11. The maximum absolute atomic E-state index is 12.1. The van der Waals surface area contributed by atoms with Crippen LogP contribution in [0.3, 0.4) is 0 Å². The standard InChI is InChI=1S/C17H16N4O3S/c1-11-10-25-17(24)21(11)9-8-15(22)19-20-16(23)14-7-6-12-4-2-3-5-13(12)18-14/h2-7,10H,8-9H2,1H3,(H,19,22)(H,20,23). The first-order chi connectivity index (χ1) is 12.0. The molecule has 0 fully saturated rings. The minimum Gasteiger partial charge on any atom is -0.303 e. The highest BCUT2D eigenvalue weighted by atomic mass is 32.1. The molecule has 2 N–H and O–H groups in total. The molecule has 0 aliphatic rings. The zero-order chi connectivity index (χ0) is 17.8. The predicted octanol–water partition coefficient (Wildman–Crippen LogP) is 1.62. The van der Waals surface area contributed by atoms with Gasteiger partial charge in [-0.1, -0.05) is 35.6 Å². The third-order valence-corrected chi connectivity index (χ3v) is 4.57. The number of hydrazine groups is 1. The van der Waals surface area contributed by atoms with Gasteiger partial charge in [-0.05, 0) is 19.1 Å². The fourth-order valence-corrected chi connectivity index (χ4v) is 3.09. The maximum atomic E-state index is 12.1. The lowest BCUT2D eigenvalue weighted by molar-refractivity contribution is -0.122. The molecule has 0 saturated carbocycles. The van der Waals surface area contributed by atoms with Gasteiger partial charge in [0.05, 0.1) is 5.52 Å². The van der Waals surface area contributed by atoms with Crippen LogP contribution in [0, 0.1) is 6.92 Å². The lowest BCUT2D eigenvalue weighted by Gasteiger charge is -2.08. The molecule has 8 heteroatoms. The minimum atomic E-state index is -0.497. The molecule has 2 heterocycles. The molecule has 0 aliphatic carbocycles. The average molecular weight is 356 g/mol. The first-order valence-corrected chi connectivity index (χ1v) is 8.52. The van der Waals surface area contributed by atoms with Crippen LogP contribution in [0.2, 0.25) is 0 Å². The molecular formula is C17H16N4O3S. The highest BCUT2D eigenvalue weighted by molar-refractivity contribution is 7.07. The number of amides is 2. The van der Waals surface area contributed by atoms with E-state index in [-0.39, 0.29) is 29.4 Å². The molecule has 1 aromatic carbocycles. The van der Waals surface area contributed by atoms with Gasteiger partial charge >= 0.3 is 4.87 Å². The van der Waals surface area contributed by atoms with Gasteiger partial charge in [0.2, 0.25) is 5.91 Å². The number of hydrogen-bond acceptors (Lipinski definition) is 5. The zero-order valence-corrected chi connectivity index (χ0v) is 14.3. The van der Waals surface area contributed by atoms with Crippen LogP contribution in [0.5, 0.6) is 0 Å². The monoisotopic (exact) mass is 356 g/mol. The fourth-order valence-electron chi connectivity index (χ4n) is 2.33. The average Bonchev–Trinajstić information content (AvgIpc) is 2.95. The van der Waals surface area contributed by atoms with E-state index in [2.05, 4.69) is 15.8 Å². The summed E-state index contributed by atoms with van der Waals surface area (Å²) in [7, 11) is 0. The normalized spacial score (nSPS) is 10.6. The van der Waals surface area contributed by atoms with Crippen LogP contribution in [0.25, 0.3) is 10.9 Å². The van der Waals surface area contributed by atoms with E-state index in [1.165, 1.54) is 4.57 Å². The third kappa shape index (κ3) is 3.92. The minimum absolute atomic E-state index is 0.0862. The molecular weight excluding hydrogens is 340 g/mol. The summed E-state index contributed by atoms with van der Waals surface area (Å²) in [6, 6.07) is 10.8. The van der Waals surface area contributed by atoms with Crippen LogP contribution < -0.4 is 15.7 Å². The summed E-state index contributed by atoms with van der Waals surface area (Å²) in [6.07, 6.45) is 0.0862. The number of aromatic nitrogens is 2. The van der Waals surface area contributed by atoms with Gasteiger partial charge in [-0.3, -0.25) is 25.2 Å². The summed E-state index contributed by atoms with van der Waals surface area (Å²) in [5.74, 6) is -0.880. The Balaban J connectivity index is 1.55. The summed E-state index contributed by atoms with van der Waals surface area (Å²) in [5.41, 5.74) is 6.40. The smallest absolute Gasteiger partial charge is 0.303 e. The number of nitrogens with zero attached hydrogens (tertiary/aromatic N) is 2. The van der Waals surface area contributed by atoms with E-state index in [1.807, 2.05) is 31.2 Å². The second-order valence-corrected chi connectivity index (χ2v) is 6.26. The van der Waals surface area contributed by atoms with Crippen molar-refractivity contribution in [3.8, 4) is 0 Å². The molecule has 0 aliphatic heterocycles. The quantitative estimate of drug-likeness (QED) is 0.695. The lowest BCUT2D eigenvalue weighted by Crippen LogP contribution is -2.42. The number of para-hydroxylation sites is 1. The number of pyridine rings is 1. The van der Waals surface area contributed by atoms with E-state index in [9.17, 15) is 14.4 Å². The van der Waals surface area contributed by atoms with Crippen molar-refractivity contribution in [2.24, 2.45) is 0 Å². The first-order valence-electron chi connectivity index (χ1n) is 7.64. The molecule has 3 rings (SSSR count). The fraction of sp³-hybridized carbons (Fsp3) is 0.176. The molecule has 0 saturated heterocycles. The number of carbonyl (C=O) groups excluding carboxylic acids is 2. The largest absolute Gasteiger partial charge is 0.307 e. The Labute approximate surface area is 147 Å². The number of fused-ring (bicyclic) bond motifs is 1. The Morgan fingerprint density at radius 1 is 1.16 bits per heavy atom. The number of hydrogen-bond donors (Lipinski definition) is 2. The third-order valence-electron chi connectivity index (χ3n) is 3.69. The van der Waals surface area contributed by atoms with Crippen molar-refractivity contribution in [3.63, 3.8) is 0 Å². The van der Waals surface area contributed by atoms with Crippen LogP contribution in [0.15, 0.2) is 46.6 Å². The summed E-state index contributed by atoms with van der Waals surface area (Å²) in [6.45, 7) is 2.08.